The highest BCUT2D eigenvalue weighted by atomic mass is 32.2. The summed E-state index contributed by atoms with van der Waals surface area (Å²) in [6, 6.07) is 3.04. The topological polar surface area (TPSA) is 56.1 Å². The molecule has 0 radical (unpaired) electrons. The van der Waals surface area contributed by atoms with Crippen LogP contribution in [0.1, 0.15) is 18.9 Å². The van der Waals surface area contributed by atoms with Crippen molar-refractivity contribution in [1.29, 1.82) is 0 Å². The maximum absolute atomic E-state index is 12.9. The van der Waals surface area contributed by atoms with Crippen molar-refractivity contribution in [2.24, 2.45) is 7.05 Å². The molecule has 1 aromatic carbocycles. The summed E-state index contributed by atoms with van der Waals surface area (Å²) in [7, 11) is 1.79. The molecule has 1 amide bonds. The molecule has 1 heterocycles. The van der Waals surface area contributed by atoms with Gasteiger partial charge in [-0.2, -0.15) is 13.2 Å². The molecule has 0 saturated heterocycles. The van der Waals surface area contributed by atoms with E-state index in [-0.39, 0.29) is 17.2 Å². The lowest BCUT2D eigenvalue weighted by atomic mass is 10.1. The molecule has 0 aliphatic carbocycles. The van der Waals surface area contributed by atoms with Crippen LogP contribution >= 0.6 is 11.8 Å². The Morgan fingerprint density at radius 2 is 2.16 bits per heavy atom. The number of nitrogens with one attached hydrogen (secondary N) is 1. The molecular formula is C16H18F3N3O2S. The highest BCUT2D eigenvalue weighted by Gasteiger charge is 2.31. The fourth-order valence-corrected chi connectivity index (χ4v) is 2.68. The Morgan fingerprint density at radius 1 is 1.40 bits per heavy atom. The number of carbonyl (C=O) groups excluding carboxylic acids is 1. The summed E-state index contributed by atoms with van der Waals surface area (Å²) in [5, 5.41) is 3.13. The Morgan fingerprint density at radius 3 is 2.76 bits per heavy atom. The van der Waals surface area contributed by atoms with Gasteiger partial charge in [-0.15, -0.1) is 0 Å². The van der Waals surface area contributed by atoms with Crippen molar-refractivity contribution < 1.29 is 22.7 Å². The number of alkyl halides is 3. The molecule has 0 bridgehead atoms. The number of ether oxygens (including phenoxy) is 1. The van der Waals surface area contributed by atoms with E-state index in [9.17, 15) is 18.0 Å². The van der Waals surface area contributed by atoms with Crippen molar-refractivity contribution in [1.82, 2.24) is 9.55 Å². The molecule has 2 rings (SSSR count). The van der Waals surface area contributed by atoms with E-state index >= 15 is 0 Å². The first-order valence-electron chi connectivity index (χ1n) is 7.55. The molecule has 25 heavy (non-hydrogen) atoms. The minimum atomic E-state index is -4.50. The van der Waals surface area contributed by atoms with E-state index in [2.05, 4.69) is 10.3 Å². The van der Waals surface area contributed by atoms with Gasteiger partial charge in [0, 0.05) is 19.4 Å². The van der Waals surface area contributed by atoms with Gasteiger partial charge in [0.2, 0.25) is 5.91 Å². The lowest BCUT2D eigenvalue weighted by molar-refractivity contribution is -0.137. The highest BCUT2D eigenvalue weighted by molar-refractivity contribution is 7.99. The summed E-state index contributed by atoms with van der Waals surface area (Å²) in [5.74, 6) is -0.201. The zero-order chi connectivity index (χ0) is 18.4. The van der Waals surface area contributed by atoms with Gasteiger partial charge in [0.15, 0.2) is 5.16 Å². The van der Waals surface area contributed by atoms with Crippen LogP contribution in [-0.4, -0.2) is 27.8 Å². The van der Waals surface area contributed by atoms with Crippen LogP contribution in [0.3, 0.4) is 0 Å². The van der Waals surface area contributed by atoms with Crippen LogP contribution in [0, 0.1) is 0 Å². The van der Waals surface area contributed by atoms with Crippen LogP contribution < -0.4 is 10.1 Å². The van der Waals surface area contributed by atoms with Gasteiger partial charge >= 0.3 is 6.18 Å². The van der Waals surface area contributed by atoms with Crippen LogP contribution in [-0.2, 0) is 18.0 Å². The van der Waals surface area contributed by atoms with Crippen molar-refractivity contribution in [3.05, 3.63) is 36.2 Å². The number of rotatable bonds is 7. The second-order valence-corrected chi connectivity index (χ2v) is 6.16. The third-order valence-electron chi connectivity index (χ3n) is 3.15. The zero-order valence-corrected chi connectivity index (χ0v) is 14.6. The van der Waals surface area contributed by atoms with Gasteiger partial charge < -0.3 is 14.6 Å². The van der Waals surface area contributed by atoms with Crippen molar-refractivity contribution in [2.75, 3.05) is 17.7 Å². The van der Waals surface area contributed by atoms with E-state index in [4.69, 9.17) is 4.74 Å². The number of carbonyl (C=O) groups is 1. The number of thioether (sulfide) groups is 1. The summed E-state index contributed by atoms with van der Waals surface area (Å²) in [6.45, 7) is 2.22. The van der Waals surface area contributed by atoms with E-state index in [1.165, 1.54) is 17.8 Å². The van der Waals surface area contributed by atoms with Crippen LogP contribution in [0.15, 0.2) is 35.7 Å². The first-order chi connectivity index (χ1) is 11.8. The average molecular weight is 373 g/mol. The second kappa shape index (κ2) is 8.28. The number of imidazole rings is 1. The number of benzene rings is 1. The molecule has 0 fully saturated rings. The van der Waals surface area contributed by atoms with E-state index in [1.807, 2.05) is 6.92 Å². The van der Waals surface area contributed by atoms with Crippen molar-refractivity contribution >= 4 is 23.4 Å². The van der Waals surface area contributed by atoms with Crippen molar-refractivity contribution in [3.63, 3.8) is 0 Å². The number of amides is 1. The third kappa shape index (κ3) is 5.42. The SMILES string of the molecule is CCCOc1ccc(C(F)(F)F)cc1NC(=O)CSc1nccn1C. The maximum atomic E-state index is 12.9. The van der Waals surface area contributed by atoms with Crippen LogP contribution in [0.25, 0.3) is 0 Å². The number of aromatic nitrogens is 2. The van der Waals surface area contributed by atoms with Gasteiger partial charge in [-0.25, -0.2) is 4.98 Å². The van der Waals surface area contributed by atoms with Gasteiger partial charge in [0.25, 0.3) is 0 Å². The molecule has 9 heteroatoms. The Hall–Kier alpha value is -2.16. The Kier molecular flexibility index (Phi) is 6.35. The molecule has 1 aromatic heterocycles. The van der Waals surface area contributed by atoms with Gasteiger partial charge in [0.1, 0.15) is 5.75 Å². The van der Waals surface area contributed by atoms with Gasteiger partial charge in [0.05, 0.1) is 23.6 Å². The monoisotopic (exact) mass is 373 g/mol. The normalized spacial score (nSPS) is 11.4. The minimum absolute atomic E-state index is 0.00807. The predicted octanol–water partition coefficient (Wildman–Crippen LogP) is 3.96. The second-order valence-electron chi connectivity index (χ2n) is 5.21. The fraction of sp³-hybridized carbons (Fsp3) is 0.375. The molecule has 136 valence electrons. The summed E-state index contributed by atoms with van der Waals surface area (Å²) in [5.41, 5.74) is -0.836. The molecule has 0 aliphatic heterocycles. The van der Waals surface area contributed by atoms with Crippen LogP contribution in [0.2, 0.25) is 0 Å². The smallest absolute Gasteiger partial charge is 0.416 e. The molecule has 0 atom stereocenters. The Bertz CT molecular complexity index is 732. The number of hydrogen-bond acceptors (Lipinski definition) is 4. The Labute approximate surface area is 147 Å². The number of nitrogens with zero attached hydrogens (tertiary/aromatic N) is 2. The van der Waals surface area contributed by atoms with Gasteiger partial charge in [-0.05, 0) is 24.6 Å². The first-order valence-corrected chi connectivity index (χ1v) is 8.54. The number of halogens is 3. The standard InChI is InChI=1S/C16H18F3N3O2S/c1-3-8-24-13-5-4-11(16(17,18)19)9-12(13)21-14(23)10-25-15-20-6-7-22(15)2/h4-7,9H,3,8,10H2,1-2H3,(H,21,23). The molecular weight excluding hydrogens is 355 g/mol. The van der Waals surface area contributed by atoms with E-state index < -0.39 is 17.6 Å². The maximum Gasteiger partial charge on any atom is 0.416 e. The lowest BCUT2D eigenvalue weighted by Gasteiger charge is -2.15. The van der Waals surface area contributed by atoms with Gasteiger partial charge in [-0.1, -0.05) is 18.7 Å². The summed E-state index contributed by atoms with van der Waals surface area (Å²) in [4.78, 5) is 16.2. The molecule has 0 saturated carbocycles. The van der Waals surface area contributed by atoms with E-state index in [1.54, 1.807) is 24.0 Å². The van der Waals surface area contributed by atoms with Crippen molar-refractivity contribution in [2.45, 2.75) is 24.7 Å². The molecule has 1 N–H and O–H groups in total. The largest absolute Gasteiger partial charge is 0.491 e. The summed E-state index contributed by atoms with van der Waals surface area (Å²) in [6.07, 6.45) is -0.457. The number of hydrogen-bond donors (Lipinski definition) is 1. The van der Waals surface area contributed by atoms with Crippen LogP contribution in [0.4, 0.5) is 18.9 Å². The summed E-state index contributed by atoms with van der Waals surface area (Å²) < 4.78 is 45.9. The highest BCUT2D eigenvalue weighted by Crippen LogP contribution is 2.35. The quantitative estimate of drug-likeness (QED) is 0.747. The predicted molar refractivity (Wildman–Crippen MR) is 89.8 cm³/mol. The first kappa shape index (κ1) is 19.2. The van der Waals surface area contributed by atoms with Gasteiger partial charge in [-0.3, -0.25) is 4.79 Å². The fourth-order valence-electron chi connectivity index (χ4n) is 1.95. The number of anilines is 1. The Balaban J connectivity index is 2.11. The molecule has 0 spiro atoms. The zero-order valence-electron chi connectivity index (χ0n) is 13.8. The molecule has 0 unspecified atom stereocenters. The van der Waals surface area contributed by atoms with Crippen LogP contribution in [0.5, 0.6) is 5.75 Å². The average Bonchev–Trinajstić information content (AvgIpc) is 2.96. The lowest BCUT2D eigenvalue weighted by Crippen LogP contribution is -2.16. The van der Waals surface area contributed by atoms with E-state index in [0.717, 1.165) is 12.1 Å². The molecule has 2 aromatic rings. The van der Waals surface area contributed by atoms with E-state index in [0.29, 0.717) is 18.2 Å². The van der Waals surface area contributed by atoms with Crippen molar-refractivity contribution in [3.8, 4) is 5.75 Å². The molecule has 0 aliphatic rings. The number of aryl methyl sites for hydroxylation is 1. The minimum Gasteiger partial charge on any atom is -0.491 e. The molecule has 5 nitrogen and oxygen atoms in total. The summed E-state index contributed by atoms with van der Waals surface area (Å²) >= 11 is 1.19. The third-order valence-corrected chi connectivity index (χ3v) is 4.21.